The Morgan fingerprint density at radius 1 is 1.15 bits per heavy atom. The van der Waals surface area contributed by atoms with Gasteiger partial charge in [0.2, 0.25) is 0 Å². The van der Waals surface area contributed by atoms with Crippen molar-refractivity contribution < 1.29 is 0 Å². The smallest absolute Gasteiger partial charge is 0.136 e. The van der Waals surface area contributed by atoms with E-state index in [0.717, 1.165) is 13.1 Å². The highest BCUT2D eigenvalue weighted by molar-refractivity contribution is 6.00. The molecule has 1 aliphatic heterocycles. The number of anilines is 2. The third kappa shape index (κ3) is 2.11. The molecule has 2 aromatic rings. The summed E-state index contributed by atoms with van der Waals surface area (Å²) in [5.74, 6) is 1.17. The molecule has 4 rings (SSSR count). The summed E-state index contributed by atoms with van der Waals surface area (Å²) < 4.78 is 0. The molecule has 1 saturated heterocycles. The molecule has 1 saturated carbocycles. The SMILES string of the molecule is Cc1ccc2c(N3CCCC3)ncc(NC3CC3)c2c1. The summed E-state index contributed by atoms with van der Waals surface area (Å²) in [7, 11) is 0. The van der Waals surface area contributed by atoms with E-state index in [0.29, 0.717) is 6.04 Å². The van der Waals surface area contributed by atoms with Crippen LogP contribution in [0.25, 0.3) is 10.8 Å². The van der Waals surface area contributed by atoms with E-state index < -0.39 is 0 Å². The van der Waals surface area contributed by atoms with Crippen LogP contribution in [0.2, 0.25) is 0 Å². The van der Waals surface area contributed by atoms with Crippen molar-refractivity contribution in [2.45, 2.75) is 38.6 Å². The number of benzene rings is 1. The van der Waals surface area contributed by atoms with Crippen LogP contribution in [0.4, 0.5) is 11.5 Å². The molecular formula is C17H21N3. The quantitative estimate of drug-likeness (QED) is 0.918. The van der Waals surface area contributed by atoms with E-state index in [2.05, 4.69) is 35.3 Å². The number of fused-ring (bicyclic) bond motifs is 1. The van der Waals surface area contributed by atoms with Crippen LogP contribution in [-0.4, -0.2) is 24.1 Å². The second-order valence-electron chi connectivity index (χ2n) is 6.16. The van der Waals surface area contributed by atoms with Crippen LogP contribution >= 0.6 is 0 Å². The maximum Gasteiger partial charge on any atom is 0.136 e. The second-order valence-corrected chi connectivity index (χ2v) is 6.16. The summed E-state index contributed by atoms with van der Waals surface area (Å²) in [6.45, 7) is 4.45. The van der Waals surface area contributed by atoms with Crippen LogP contribution < -0.4 is 10.2 Å². The number of hydrogen-bond acceptors (Lipinski definition) is 3. The molecule has 104 valence electrons. The van der Waals surface area contributed by atoms with Crippen molar-refractivity contribution in [3.63, 3.8) is 0 Å². The van der Waals surface area contributed by atoms with E-state index in [1.807, 2.05) is 6.20 Å². The fourth-order valence-electron chi connectivity index (χ4n) is 3.08. The van der Waals surface area contributed by atoms with Crippen molar-refractivity contribution in [2.75, 3.05) is 23.3 Å². The fourth-order valence-corrected chi connectivity index (χ4v) is 3.08. The molecule has 2 aliphatic rings. The summed E-state index contributed by atoms with van der Waals surface area (Å²) in [4.78, 5) is 7.19. The highest BCUT2D eigenvalue weighted by Crippen LogP contribution is 2.34. The Kier molecular flexibility index (Phi) is 2.79. The standard InChI is InChI=1S/C17H21N3/c1-12-4-7-14-15(10-12)16(19-13-5-6-13)11-18-17(14)20-8-2-3-9-20/h4,7,10-11,13,19H,2-3,5-6,8-9H2,1H3. The van der Waals surface area contributed by atoms with Crippen molar-refractivity contribution in [3.8, 4) is 0 Å². The average Bonchev–Trinajstić information content (AvgIpc) is 3.10. The number of nitrogens with zero attached hydrogens (tertiary/aromatic N) is 2. The number of pyridine rings is 1. The van der Waals surface area contributed by atoms with E-state index in [1.54, 1.807) is 0 Å². The van der Waals surface area contributed by atoms with E-state index in [4.69, 9.17) is 4.98 Å². The zero-order valence-electron chi connectivity index (χ0n) is 12.0. The van der Waals surface area contributed by atoms with Crippen LogP contribution in [-0.2, 0) is 0 Å². The van der Waals surface area contributed by atoms with Gasteiger partial charge in [-0.1, -0.05) is 17.7 Å². The van der Waals surface area contributed by atoms with Gasteiger partial charge in [-0.15, -0.1) is 0 Å². The van der Waals surface area contributed by atoms with E-state index in [1.165, 1.54) is 53.5 Å². The number of hydrogen-bond donors (Lipinski definition) is 1. The minimum absolute atomic E-state index is 0.665. The molecule has 1 aliphatic carbocycles. The van der Waals surface area contributed by atoms with Gasteiger partial charge in [-0.05, 0) is 38.7 Å². The predicted octanol–water partition coefficient (Wildman–Crippen LogP) is 3.72. The zero-order valence-corrected chi connectivity index (χ0v) is 12.0. The van der Waals surface area contributed by atoms with Gasteiger partial charge in [0.1, 0.15) is 5.82 Å². The summed E-state index contributed by atoms with van der Waals surface area (Å²) in [6, 6.07) is 7.40. The third-order valence-corrected chi connectivity index (χ3v) is 4.36. The van der Waals surface area contributed by atoms with Crippen LogP contribution in [0.5, 0.6) is 0 Å². The Balaban J connectivity index is 1.84. The lowest BCUT2D eigenvalue weighted by Crippen LogP contribution is -2.19. The topological polar surface area (TPSA) is 28.2 Å². The molecule has 2 fully saturated rings. The molecule has 0 unspecified atom stereocenters. The first-order chi connectivity index (χ1) is 9.81. The molecule has 3 nitrogen and oxygen atoms in total. The van der Waals surface area contributed by atoms with Gasteiger partial charge < -0.3 is 10.2 Å². The molecule has 0 amide bonds. The van der Waals surface area contributed by atoms with Gasteiger partial charge in [0, 0.05) is 29.9 Å². The zero-order chi connectivity index (χ0) is 13.5. The van der Waals surface area contributed by atoms with E-state index in [9.17, 15) is 0 Å². The molecule has 2 heterocycles. The van der Waals surface area contributed by atoms with Gasteiger partial charge >= 0.3 is 0 Å². The average molecular weight is 267 g/mol. The minimum atomic E-state index is 0.665. The lowest BCUT2D eigenvalue weighted by molar-refractivity contribution is 0.945. The highest BCUT2D eigenvalue weighted by Gasteiger charge is 2.23. The van der Waals surface area contributed by atoms with Crippen LogP contribution in [0.15, 0.2) is 24.4 Å². The molecule has 0 spiro atoms. The number of nitrogens with one attached hydrogen (secondary N) is 1. The summed E-state index contributed by atoms with van der Waals surface area (Å²) >= 11 is 0. The molecule has 0 atom stereocenters. The monoisotopic (exact) mass is 267 g/mol. The maximum absolute atomic E-state index is 4.76. The van der Waals surface area contributed by atoms with Gasteiger partial charge in [-0.3, -0.25) is 0 Å². The molecule has 0 radical (unpaired) electrons. The van der Waals surface area contributed by atoms with Crippen molar-refractivity contribution >= 4 is 22.3 Å². The maximum atomic E-state index is 4.76. The predicted molar refractivity (Wildman–Crippen MR) is 84.6 cm³/mol. The third-order valence-electron chi connectivity index (χ3n) is 4.36. The first kappa shape index (κ1) is 12.0. The Labute approximate surface area is 120 Å². The molecule has 0 bridgehead atoms. The van der Waals surface area contributed by atoms with Gasteiger partial charge in [-0.2, -0.15) is 0 Å². The van der Waals surface area contributed by atoms with Crippen molar-refractivity contribution in [3.05, 3.63) is 30.0 Å². The Bertz CT molecular complexity index is 640. The minimum Gasteiger partial charge on any atom is -0.381 e. The van der Waals surface area contributed by atoms with Gasteiger partial charge in [-0.25, -0.2) is 4.98 Å². The first-order valence-electron chi connectivity index (χ1n) is 7.72. The Morgan fingerprint density at radius 2 is 1.95 bits per heavy atom. The summed E-state index contributed by atoms with van der Waals surface area (Å²) in [5.41, 5.74) is 2.52. The molecule has 20 heavy (non-hydrogen) atoms. The largest absolute Gasteiger partial charge is 0.381 e. The lowest BCUT2D eigenvalue weighted by Gasteiger charge is -2.20. The van der Waals surface area contributed by atoms with Gasteiger partial charge in [0.25, 0.3) is 0 Å². The summed E-state index contributed by atoms with van der Waals surface area (Å²) in [5, 5.41) is 6.25. The second kappa shape index (κ2) is 4.65. The Hall–Kier alpha value is -1.77. The van der Waals surface area contributed by atoms with Gasteiger partial charge in [0.15, 0.2) is 0 Å². The van der Waals surface area contributed by atoms with Gasteiger partial charge in [0.05, 0.1) is 11.9 Å². The summed E-state index contributed by atoms with van der Waals surface area (Å²) in [6.07, 6.45) is 7.20. The number of rotatable bonds is 3. The van der Waals surface area contributed by atoms with Crippen LogP contribution in [0.1, 0.15) is 31.2 Å². The fraction of sp³-hybridized carbons (Fsp3) is 0.471. The molecule has 1 N–H and O–H groups in total. The van der Waals surface area contributed by atoms with Crippen LogP contribution in [0, 0.1) is 6.92 Å². The van der Waals surface area contributed by atoms with Crippen molar-refractivity contribution in [1.82, 2.24) is 4.98 Å². The van der Waals surface area contributed by atoms with Crippen LogP contribution in [0.3, 0.4) is 0 Å². The van der Waals surface area contributed by atoms with Crippen molar-refractivity contribution in [2.24, 2.45) is 0 Å². The molecule has 3 heteroatoms. The lowest BCUT2D eigenvalue weighted by atomic mass is 10.1. The number of aryl methyl sites for hydroxylation is 1. The highest BCUT2D eigenvalue weighted by atomic mass is 15.2. The molecule has 1 aromatic carbocycles. The van der Waals surface area contributed by atoms with E-state index in [-0.39, 0.29) is 0 Å². The molecule has 1 aromatic heterocycles. The number of aromatic nitrogens is 1. The Morgan fingerprint density at radius 3 is 2.70 bits per heavy atom. The van der Waals surface area contributed by atoms with Crippen molar-refractivity contribution in [1.29, 1.82) is 0 Å². The van der Waals surface area contributed by atoms with E-state index >= 15 is 0 Å². The normalized spacial score (nSPS) is 18.8. The molecular weight excluding hydrogens is 246 g/mol. The first-order valence-corrected chi connectivity index (χ1v) is 7.72.